The Balaban J connectivity index is 1.66. The second-order valence-electron chi connectivity index (χ2n) is 6.12. The predicted molar refractivity (Wildman–Crippen MR) is 88.7 cm³/mol. The van der Waals surface area contributed by atoms with Crippen LogP contribution in [0, 0.1) is 5.92 Å². The van der Waals surface area contributed by atoms with E-state index in [1.165, 1.54) is 30.6 Å². The summed E-state index contributed by atoms with van der Waals surface area (Å²) in [6.07, 6.45) is 6.16. The van der Waals surface area contributed by atoms with Gasteiger partial charge in [-0.05, 0) is 37.1 Å². The third kappa shape index (κ3) is 5.37. The minimum Gasteiger partial charge on any atom is -0.389 e. The number of ether oxygens (including phenoxy) is 1. The molecule has 120 valence electrons. The van der Waals surface area contributed by atoms with Crippen LogP contribution in [0.2, 0.25) is 0 Å². The highest BCUT2D eigenvalue weighted by atomic mass is 32.1. The lowest BCUT2D eigenvalue weighted by Gasteiger charge is -2.31. The van der Waals surface area contributed by atoms with E-state index >= 15 is 0 Å². The van der Waals surface area contributed by atoms with Crippen molar-refractivity contribution in [1.29, 1.82) is 0 Å². The first-order valence-corrected chi connectivity index (χ1v) is 9.15. The Morgan fingerprint density at radius 3 is 2.95 bits per heavy atom. The maximum Gasteiger partial charge on any atom is 0.0898 e. The molecule has 0 radical (unpaired) electrons. The van der Waals surface area contributed by atoms with Crippen molar-refractivity contribution in [2.24, 2.45) is 5.92 Å². The topological polar surface area (TPSA) is 41.5 Å². The summed E-state index contributed by atoms with van der Waals surface area (Å²) in [5.41, 5.74) is 0. The Bertz CT molecular complexity index is 382. The standard InChI is InChI=1S/C17H29NO2S/c1-3-14-7-4-5-8-16(14)20-12-15(19)11-18-13(2)17-9-6-10-21-17/h6,9-10,13-16,18-19H,3-5,7-8,11-12H2,1-2H3/t13-,14?,15?,16?/m1/s1. The first-order chi connectivity index (χ1) is 10.2. The van der Waals surface area contributed by atoms with E-state index in [1.807, 2.05) is 0 Å². The van der Waals surface area contributed by atoms with Crippen molar-refractivity contribution in [3.8, 4) is 0 Å². The largest absolute Gasteiger partial charge is 0.389 e. The summed E-state index contributed by atoms with van der Waals surface area (Å²) in [4.78, 5) is 1.31. The van der Waals surface area contributed by atoms with Gasteiger partial charge in [0.15, 0.2) is 0 Å². The van der Waals surface area contributed by atoms with Crippen LogP contribution in [-0.4, -0.2) is 30.5 Å². The van der Waals surface area contributed by atoms with Crippen LogP contribution in [0.4, 0.5) is 0 Å². The number of hydrogen-bond acceptors (Lipinski definition) is 4. The van der Waals surface area contributed by atoms with Gasteiger partial charge >= 0.3 is 0 Å². The number of nitrogens with one attached hydrogen (secondary N) is 1. The monoisotopic (exact) mass is 311 g/mol. The maximum absolute atomic E-state index is 10.1. The van der Waals surface area contributed by atoms with Gasteiger partial charge in [-0.2, -0.15) is 0 Å². The van der Waals surface area contributed by atoms with Crippen molar-refractivity contribution in [2.45, 2.75) is 64.2 Å². The van der Waals surface area contributed by atoms with Gasteiger partial charge in [-0.1, -0.05) is 32.3 Å². The van der Waals surface area contributed by atoms with E-state index in [2.05, 4.69) is 36.7 Å². The van der Waals surface area contributed by atoms with Crippen molar-refractivity contribution >= 4 is 11.3 Å². The van der Waals surface area contributed by atoms with Gasteiger partial charge in [0.05, 0.1) is 18.8 Å². The maximum atomic E-state index is 10.1. The van der Waals surface area contributed by atoms with Crippen LogP contribution in [0.5, 0.6) is 0 Å². The zero-order valence-electron chi connectivity index (χ0n) is 13.3. The molecule has 4 atom stereocenters. The van der Waals surface area contributed by atoms with Crippen LogP contribution in [0.1, 0.15) is 56.9 Å². The quantitative estimate of drug-likeness (QED) is 0.768. The van der Waals surface area contributed by atoms with Crippen LogP contribution in [0.15, 0.2) is 17.5 Å². The molecule has 21 heavy (non-hydrogen) atoms. The fourth-order valence-electron chi connectivity index (χ4n) is 3.10. The smallest absolute Gasteiger partial charge is 0.0898 e. The molecule has 0 spiro atoms. The van der Waals surface area contributed by atoms with E-state index in [4.69, 9.17) is 4.74 Å². The summed E-state index contributed by atoms with van der Waals surface area (Å²) in [5, 5.41) is 15.6. The number of thiophene rings is 1. The Morgan fingerprint density at radius 1 is 1.43 bits per heavy atom. The number of aliphatic hydroxyl groups excluding tert-OH is 1. The summed E-state index contributed by atoms with van der Waals surface area (Å²) in [6, 6.07) is 4.47. The average Bonchev–Trinajstić information content (AvgIpc) is 3.05. The van der Waals surface area contributed by atoms with Crippen LogP contribution in [0.3, 0.4) is 0 Å². The van der Waals surface area contributed by atoms with E-state index in [-0.39, 0.29) is 6.04 Å². The first-order valence-electron chi connectivity index (χ1n) is 8.27. The van der Waals surface area contributed by atoms with Gasteiger partial charge in [0.2, 0.25) is 0 Å². The summed E-state index contributed by atoms with van der Waals surface area (Å²) in [6.45, 7) is 5.41. The highest BCUT2D eigenvalue weighted by Crippen LogP contribution is 2.29. The van der Waals surface area contributed by atoms with Gasteiger partial charge in [-0.25, -0.2) is 0 Å². The molecule has 0 saturated heterocycles. The molecule has 1 fully saturated rings. The van der Waals surface area contributed by atoms with Gasteiger partial charge in [0.1, 0.15) is 0 Å². The Kier molecular flexibility index (Phi) is 7.17. The number of rotatable bonds is 8. The Morgan fingerprint density at radius 2 is 2.24 bits per heavy atom. The first kappa shape index (κ1) is 16.9. The third-order valence-electron chi connectivity index (χ3n) is 4.50. The average molecular weight is 311 g/mol. The lowest BCUT2D eigenvalue weighted by Crippen LogP contribution is -2.35. The highest BCUT2D eigenvalue weighted by Gasteiger charge is 2.24. The third-order valence-corrected chi connectivity index (χ3v) is 5.55. The molecule has 2 rings (SSSR count). The fraction of sp³-hybridized carbons (Fsp3) is 0.765. The van der Waals surface area contributed by atoms with Gasteiger partial charge in [0.25, 0.3) is 0 Å². The van der Waals surface area contributed by atoms with Crippen LogP contribution in [-0.2, 0) is 4.74 Å². The number of hydrogen-bond donors (Lipinski definition) is 2. The van der Waals surface area contributed by atoms with Crippen LogP contribution >= 0.6 is 11.3 Å². The molecule has 1 saturated carbocycles. The molecule has 0 aliphatic heterocycles. The van der Waals surface area contributed by atoms with E-state index in [0.29, 0.717) is 25.2 Å². The van der Waals surface area contributed by atoms with E-state index in [0.717, 1.165) is 6.42 Å². The highest BCUT2D eigenvalue weighted by molar-refractivity contribution is 7.10. The van der Waals surface area contributed by atoms with Crippen molar-refractivity contribution in [2.75, 3.05) is 13.2 Å². The van der Waals surface area contributed by atoms with Crippen LogP contribution in [0.25, 0.3) is 0 Å². The normalized spacial score (nSPS) is 25.7. The molecule has 3 unspecified atom stereocenters. The molecule has 1 aromatic rings. The molecule has 1 aromatic heterocycles. The Hall–Kier alpha value is -0.420. The second kappa shape index (κ2) is 8.89. The summed E-state index contributed by atoms with van der Waals surface area (Å²) >= 11 is 1.75. The number of aliphatic hydroxyl groups is 1. The fourth-order valence-corrected chi connectivity index (χ4v) is 3.86. The molecular formula is C17H29NO2S. The molecule has 2 N–H and O–H groups in total. The van der Waals surface area contributed by atoms with Gasteiger partial charge in [-0.15, -0.1) is 11.3 Å². The minimum atomic E-state index is -0.424. The summed E-state index contributed by atoms with van der Waals surface area (Å²) < 4.78 is 5.98. The van der Waals surface area contributed by atoms with Crippen molar-refractivity contribution in [1.82, 2.24) is 5.32 Å². The van der Waals surface area contributed by atoms with E-state index in [1.54, 1.807) is 11.3 Å². The van der Waals surface area contributed by atoms with Gasteiger partial charge in [0, 0.05) is 17.5 Å². The molecule has 3 nitrogen and oxygen atoms in total. The predicted octanol–water partition coefficient (Wildman–Crippen LogP) is 3.75. The van der Waals surface area contributed by atoms with Crippen LogP contribution < -0.4 is 5.32 Å². The zero-order valence-corrected chi connectivity index (χ0v) is 14.1. The molecule has 0 aromatic carbocycles. The minimum absolute atomic E-state index is 0.290. The van der Waals surface area contributed by atoms with E-state index < -0.39 is 6.10 Å². The lowest BCUT2D eigenvalue weighted by molar-refractivity contribution is -0.0502. The van der Waals surface area contributed by atoms with Gasteiger partial charge < -0.3 is 15.2 Å². The lowest BCUT2D eigenvalue weighted by atomic mass is 9.85. The second-order valence-corrected chi connectivity index (χ2v) is 7.10. The summed E-state index contributed by atoms with van der Waals surface area (Å²) in [5.74, 6) is 0.684. The van der Waals surface area contributed by atoms with Crippen molar-refractivity contribution < 1.29 is 9.84 Å². The molecule has 0 bridgehead atoms. The van der Waals surface area contributed by atoms with Crippen molar-refractivity contribution in [3.63, 3.8) is 0 Å². The molecule has 0 amide bonds. The Labute approximate surface area is 132 Å². The molecule has 4 heteroatoms. The molecular weight excluding hydrogens is 282 g/mol. The zero-order chi connectivity index (χ0) is 15.1. The summed E-state index contributed by atoms with van der Waals surface area (Å²) in [7, 11) is 0. The van der Waals surface area contributed by atoms with E-state index in [9.17, 15) is 5.11 Å². The molecule has 1 aliphatic carbocycles. The SMILES string of the molecule is CCC1CCCCC1OCC(O)CN[C@H](C)c1cccs1. The molecule has 1 heterocycles. The van der Waals surface area contributed by atoms with Gasteiger partial charge in [-0.3, -0.25) is 0 Å². The van der Waals surface area contributed by atoms with Crippen molar-refractivity contribution in [3.05, 3.63) is 22.4 Å². The molecule has 1 aliphatic rings.